The molecule has 0 radical (unpaired) electrons. The molecule has 1 aromatic heterocycles. The molecule has 0 bridgehead atoms. The highest BCUT2D eigenvalue weighted by molar-refractivity contribution is 6.18. The first-order chi connectivity index (χ1) is 15.8. The van der Waals surface area contributed by atoms with Crippen LogP contribution in [0.2, 0.25) is 0 Å². The number of carbonyl (C=O) groups excluding carboxylic acids is 1. The largest absolute Gasteiger partial charge is 0.497 e. The maximum absolute atomic E-state index is 13.2. The molecule has 2 atom stereocenters. The number of hydrogen-bond donors (Lipinski definition) is 1. The van der Waals surface area contributed by atoms with Crippen molar-refractivity contribution in [2.24, 2.45) is 4.99 Å². The normalized spacial score (nSPS) is 19.5. The Morgan fingerprint density at radius 1 is 1.00 bits per heavy atom. The van der Waals surface area contributed by atoms with Crippen LogP contribution in [0.4, 0.5) is 16.3 Å². The highest BCUT2D eigenvalue weighted by Gasteiger charge is 2.48. The Balaban J connectivity index is 1.70. The molecule has 8 nitrogen and oxygen atoms in total. The average Bonchev–Trinajstić information content (AvgIpc) is 3.37. The van der Waals surface area contributed by atoms with Crippen molar-refractivity contribution in [2.75, 3.05) is 19.1 Å². The molecule has 8 heteroatoms. The molecule has 0 saturated carbocycles. The highest BCUT2D eigenvalue weighted by atomic mass is 16.5. The van der Waals surface area contributed by atoms with E-state index < -0.39 is 0 Å². The van der Waals surface area contributed by atoms with Crippen molar-refractivity contribution in [2.45, 2.75) is 38.3 Å². The number of rotatable bonds is 4. The summed E-state index contributed by atoms with van der Waals surface area (Å²) in [7, 11) is 3.26. The smallest absolute Gasteiger partial charge is 0.328 e. The summed E-state index contributed by atoms with van der Waals surface area (Å²) in [5, 5.41) is 7.69. The third kappa shape index (κ3) is 3.42. The van der Waals surface area contributed by atoms with E-state index >= 15 is 0 Å². The molecule has 1 saturated heterocycles. The number of nitrogens with one attached hydrogen (secondary N) is 1. The molecule has 170 valence electrons. The summed E-state index contributed by atoms with van der Waals surface area (Å²) in [6.45, 7) is 6.26. The maximum Gasteiger partial charge on any atom is 0.328 e. The van der Waals surface area contributed by atoms with Crippen molar-refractivity contribution in [3.63, 3.8) is 0 Å². The van der Waals surface area contributed by atoms with Crippen molar-refractivity contribution in [3.05, 3.63) is 65.9 Å². The number of anilines is 1. The van der Waals surface area contributed by atoms with Gasteiger partial charge in [0, 0.05) is 23.2 Å². The van der Waals surface area contributed by atoms with Gasteiger partial charge in [0.25, 0.3) is 0 Å². The number of methoxy groups -OCH3 is 2. The molecule has 1 N–H and O–H groups in total. The Kier molecular flexibility index (Phi) is 4.88. The van der Waals surface area contributed by atoms with Crippen LogP contribution in [-0.4, -0.2) is 41.9 Å². The summed E-state index contributed by atoms with van der Waals surface area (Å²) in [5.41, 5.74) is 2.51. The lowest BCUT2D eigenvalue weighted by Gasteiger charge is -2.33. The van der Waals surface area contributed by atoms with E-state index in [1.165, 1.54) is 0 Å². The minimum absolute atomic E-state index is 0.167. The van der Waals surface area contributed by atoms with Crippen LogP contribution < -0.4 is 19.7 Å². The molecule has 0 aliphatic carbocycles. The SMILES string of the molecule is COc1ccc([C@@H]2c3cnn(C(C)(C)C)c3N=C3NC(=O)N(c4cccc(OC)c4)[C@@H]32)cc1. The number of amides is 2. The fourth-order valence-corrected chi connectivity index (χ4v) is 4.57. The van der Waals surface area contributed by atoms with E-state index in [9.17, 15) is 4.79 Å². The zero-order valence-electron chi connectivity index (χ0n) is 19.4. The number of benzene rings is 2. The van der Waals surface area contributed by atoms with Gasteiger partial charge in [-0.25, -0.2) is 14.5 Å². The molecular weight excluding hydrogens is 418 g/mol. The van der Waals surface area contributed by atoms with Gasteiger partial charge < -0.3 is 9.47 Å². The van der Waals surface area contributed by atoms with Crippen LogP contribution in [0.15, 0.2) is 59.7 Å². The summed E-state index contributed by atoms with van der Waals surface area (Å²) in [5.74, 6) is 2.67. The number of amidine groups is 1. The van der Waals surface area contributed by atoms with Crippen molar-refractivity contribution < 1.29 is 14.3 Å². The molecule has 0 unspecified atom stereocenters. The number of urea groups is 1. The van der Waals surface area contributed by atoms with E-state index in [1.807, 2.05) is 59.4 Å². The van der Waals surface area contributed by atoms with Gasteiger partial charge in [-0.1, -0.05) is 18.2 Å². The summed E-state index contributed by atoms with van der Waals surface area (Å²) in [6, 6.07) is 14.9. The molecule has 5 rings (SSSR count). The Labute approximate surface area is 192 Å². The summed E-state index contributed by atoms with van der Waals surface area (Å²) < 4.78 is 12.7. The first kappa shape index (κ1) is 21.1. The van der Waals surface area contributed by atoms with Crippen molar-refractivity contribution in [1.82, 2.24) is 15.1 Å². The van der Waals surface area contributed by atoms with Crippen LogP contribution in [0, 0.1) is 0 Å². The Bertz CT molecular complexity index is 1240. The van der Waals surface area contributed by atoms with E-state index in [0.717, 1.165) is 28.4 Å². The van der Waals surface area contributed by atoms with Gasteiger partial charge in [-0.2, -0.15) is 5.10 Å². The second kappa shape index (κ2) is 7.65. The Hall–Kier alpha value is -3.81. The van der Waals surface area contributed by atoms with E-state index in [2.05, 4.69) is 31.2 Å². The monoisotopic (exact) mass is 445 g/mol. The molecule has 0 spiro atoms. The minimum atomic E-state index is -0.344. The van der Waals surface area contributed by atoms with Gasteiger partial charge in [0.2, 0.25) is 0 Å². The second-order valence-electron chi connectivity index (χ2n) is 9.20. The van der Waals surface area contributed by atoms with Crippen molar-refractivity contribution >= 4 is 23.4 Å². The van der Waals surface area contributed by atoms with Gasteiger partial charge in [0.15, 0.2) is 5.82 Å². The molecule has 1 fully saturated rings. The van der Waals surface area contributed by atoms with Gasteiger partial charge in [-0.05, 0) is 50.6 Å². The van der Waals surface area contributed by atoms with E-state index in [-0.39, 0.29) is 23.5 Å². The highest BCUT2D eigenvalue weighted by Crippen LogP contribution is 2.45. The summed E-state index contributed by atoms with van der Waals surface area (Å²) >= 11 is 0. The Morgan fingerprint density at radius 3 is 2.39 bits per heavy atom. The standard InChI is InChI=1S/C25H27N5O3/c1-25(2,3)30-23-19(14-26-30)20(15-9-11-17(32-4)12-10-15)21-22(27-23)28-24(31)29(21)16-7-6-8-18(13-16)33-5/h6-14,20-21H,1-5H3,(H,27,28,31)/t20-,21-/m1/s1. The molecule has 2 aromatic carbocycles. The lowest BCUT2D eigenvalue weighted by Crippen LogP contribution is -2.42. The van der Waals surface area contributed by atoms with Crippen molar-refractivity contribution in [1.29, 1.82) is 0 Å². The number of carbonyl (C=O) groups is 1. The van der Waals surface area contributed by atoms with E-state index in [4.69, 9.17) is 14.5 Å². The maximum atomic E-state index is 13.2. The number of aliphatic imine (C=N–C) groups is 1. The topological polar surface area (TPSA) is 81.0 Å². The van der Waals surface area contributed by atoms with Crippen LogP contribution in [0.25, 0.3) is 0 Å². The Morgan fingerprint density at radius 2 is 1.73 bits per heavy atom. The molecule has 2 aliphatic heterocycles. The van der Waals surface area contributed by atoms with Crippen LogP contribution in [0.5, 0.6) is 11.5 Å². The fraction of sp³-hybridized carbons (Fsp3) is 0.320. The summed E-state index contributed by atoms with van der Waals surface area (Å²) in [6.07, 6.45) is 1.88. The average molecular weight is 446 g/mol. The van der Waals surface area contributed by atoms with Gasteiger partial charge in [0.05, 0.1) is 26.0 Å². The number of aromatic nitrogens is 2. The van der Waals surface area contributed by atoms with Crippen molar-refractivity contribution in [3.8, 4) is 11.5 Å². The third-order valence-corrected chi connectivity index (χ3v) is 6.10. The van der Waals surface area contributed by atoms with Crippen LogP contribution in [-0.2, 0) is 5.54 Å². The number of hydrogen-bond acceptors (Lipinski definition) is 5. The fourth-order valence-electron chi connectivity index (χ4n) is 4.57. The molecular formula is C25H27N5O3. The second-order valence-corrected chi connectivity index (χ2v) is 9.20. The predicted molar refractivity (Wildman–Crippen MR) is 127 cm³/mol. The van der Waals surface area contributed by atoms with Crippen LogP contribution in [0.3, 0.4) is 0 Å². The molecule has 3 aromatic rings. The lowest BCUT2D eigenvalue weighted by atomic mass is 9.83. The third-order valence-electron chi connectivity index (χ3n) is 6.10. The lowest BCUT2D eigenvalue weighted by molar-refractivity contribution is 0.252. The van der Waals surface area contributed by atoms with E-state index in [0.29, 0.717) is 11.6 Å². The zero-order valence-corrected chi connectivity index (χ0v) is 19.4. The number of fused-ring (bicyclic) bond motifs is 2. The quantitative estimate of drug-likeness (QED) is 0.644. The predicted octanol–water partition coefficient (Wildman–Crippen LogP) is 4.43. The molecule has 2 amide bonds. The van der Waals surface area contributed by atoms with Gasteiger partial charge in [-0.15, -0.1) is 0 Å². The first-order valence-electron chi connectivity index (χ1n) is 10.9. The minimum Gasteiger partial charge on any atom is -0.497 e. The molecule has 33 heavy (non-hydrogen) atoms. The van der Waals surface area contributed by atoms with Gasteiger partial charge in [0.1, 0.15) is 23.4 Å². The molecule has 3 heterocycles. The summed E-state index contributed by atoms with van der Waals surface area (Å²) in [4.78, 5) is 19.9. The van der Waals surface area contributed by atoms with E-state index in [1.54, 1.807) is 19.1 Å². The molecule has 2 aliphatic rings. The van der Waals surface area contributed by atoms with Crippen LogP contribution in [0.1, 0.15) is 37.8 Å². The first-order valence-corrected chi connectivity index (χ1v) is 10.9. The number of ether oxygens (including phenoxy) is 2. The zero-order chi connectivity index (χ0) is 23.3. The van der Waals surface area contributed by atoms with Gasteiger partial charge >= 0.3 is 6.03 Å². The number of nitrogens with zero attached hydrogens (tertiary/aromatic N) is 4. The van der Waals surface area contributed by atoms with Gasteiger partial charge in [-0.3, -0.25) is 10.2 Å². The van der Waals surface area contributed by atoms with Crippen LogP contribution >= 0.6 is 0 Å².